The van der Waals surface area contributed by atoms with Crippen molar-refractivity contribution in [3.8, 4) is 0 Å². The molecule has 2 atom stereocenters. The number of rotatable bonds is 3. The van der Waals surface area contributed by atoms with E-state index >= 15 is 0 Å². The minimum atomic E-state index is -0.277. The second-order valence-electron chi connectivity index (χ2n) is 6.98. The molecule has 2 aliphatic rings. The molecular formula is C21H24FN3O2. The van der Waals surface area contributed by atoms with Gasteiger partial charge in [-0.05, 0) is 35.2 Å². The monoisotopic (exact) mass is 369 g/mol. The highest BCUT2D eigenvalue weighted by Gasteiger charge is 2.32. The average molecular weight is 369 g/mol. The first-order valence-electron chi connectivity index (χ1n) is 9.42. The number of carbonyl (C=O) groups is 1. The standard InChI is InChI=1S/C21H24FN3O2/c22-17-7-5-16(6-8-17)20-19-4-2-1-3-15(19)9-11-25(20)21(26)24-14-18-13-23-10-12-27-18/h1-8,18,20,23H,9-14H2,(H,24,26)/t18-,20+/m1/s1. The van der Waals surface area contributed by atoms with Crippen LogP contribution in [0.3, 0.4) is 0 Å². The van der Waals surface area contributed by atoms with Gasteiger partial charge in [0.1, 0.15) is 5.82 Å². The molecule has 2 aromatic rings. The zero-order valence-electron chi connectivity index (χ0n) is 15.2. The molecule has 0 radical (unpaired) electrons. The van der Waals surface area contributed by atoms with Gasteiger partial charge in [0, 0.05) is 26.2 Å². The largest absolute Gasteiger partial charge is 0.374 e. The summed E-state index contributed by atoms with van der Waals surface area (Å²) in [4.78, 5) is 14.8. The van der Waals surface area contributed by atoms with Crippen molar-refractivity contribution in [3.63, 3.8) is 0 Å². The Kier molecular flexibility index (Phi) is 5.36. The van der Waals surface area contributed by atoms with Crippen LogP contribution in [0.15, 0.2) is 48.5 Å². The number of morpholine rings is 1. The predicted octanol–water partition coefficient (Wildman–Crippen LogP) is 2.47. The predicted molar refractivity (Wildman–Crippen MR) is 101 cm³/mol. The van der Waals surface area contributed by atoms with Crippen LogP contribution in [-0.4, -0.2) is 49.8 Å². The molecule has 2 N–H and O–H groups in total. The Morgan fingerprint density at radius 1 is 1.22 bits per heavy atom. The van der Waals surface area contributed by atoms with Gasteiger partial charge in [-0.3, -0.25) is 0 Å². The lowest BCUT2D eigenvalue weighted by molar-refractivity contribution is 0.0296. The Morgan fingerprint density at radius 2 is 2.04 bits per heavy atom. The smallest absolute Gasteiger partial charge is 0.318 e. The summed E-state index contributed by atoms with van der Waals surface area (Å²) in [6.45, 7) is 3.34. The number of fused-ring (bicyclic) bond motifs is 1. The van der Waals surface area contributed by atoms with Gasteiger partial charge in [0.05, 0.1) is 18.8 Å². The second kappa shape index (κ2) is 8.06. The van der Waals surface area contributed by atoms with Crippen molar-refractivity contribution in [3.05, 3.63) is 71.0 Å². The Balaban J connectivity index is 1.56. The number of ether oxygens (including phenoxy) is 1. The number of nitrogens with one attached hydrogen (secondary N) is 2. The molecule has 2 heterocycles. The highest BCUT2D eigenvalue weighted by molar-refractivity contribution is 5.76. The van der Waals surface area contributed by atoms with Gasteiger partial charge in [-0.1, -0.05) is 36.4 Å². The summed E-state index contributed by atoms with van der Waals surface area (Å²) in [6, 6.07) is 14.2. The molecule has 0 aliphatic carbocycles. The van der Waals surface area contributed by atoms with E-state index in [1.807, 2.05) is 17.0 Å². The van der Waals surface area contributed by atoms with E-state index in [0.717, 1.165) is 30.6 Å². The zero-order valence-corrected chi connectivity index (χ0v) is 15.2. The van der Waals surface area contributed by atoms with Crippen molar-refractivity contribution >= 4 is 6.03 Å². The van der Waals surface area contributed by atoms with Crippen molar-refractivity contribution < 1.29 is 13.9 Å². The number of benzene rings is 2. The van der Waals surface area contributed by atoms with Crippen molar-refractivity contribution in [2.24, 2.45) is 0 Å². The van der Waals surface area contributed by atoms with Gasteiger partial charge in [-0.25, -0.2) is 9.18 Å². The van der Waals surface area contributed by atoms with E-state index in [0.29, 0.717) is 19.7 Å². The van der Waals surface area contributed by atoms with Crippen molar-refractivity contribution in [2.45, 2.75) is 18.6 Å². The summed E-state index contributed by atoms with van der Waals surface area (Å²) in [5, 5.41) is 6.28. The minimum absolute atomic E-state index is 0.0101. The third kappa shape index (κ3) is 3.96. The minimum Gasteiger partial charge on any atom is -0.374 e. The maximum absolute atomic E-state index is 13.4. The van der Waals surface area contributed by atoms with Crippen molar-refractivity contribution in [2.75, 3.05) is 32.8 Å². The van der Waals surface area contributed by atoms with E-state index in [1.54, 1.807) is 12.1 Å². The first kappa shape index (κ1) is 17.9. The Hall–Kier alpha value is -2.44. The van der Waals surface area contributed by atoms with Gasteiger partial charge >= 0.3 is 6.03 Å². The first-order chi connectivity index (χ1) is 13.2. The van der Waals surface area contributed by atoms with Gasteiger partial charge < -0.3 is 20.3 Å². The quantitative estimate of drug-likeness (QED) is 0.874. The maximum atomic E-state index is 13.4. The third-order valence-electron chi connectivity index (χ3n) is 5.22. The summed E-state index contributed by atoms with van der Waals surface area (Å²) >= 11 is 0. The summed E-state index contributed by atoms with van der Waals surface area (Å²) in [7, 11) is 0. The molecule has 0 bridgehead atoms. The van der Waals surface area contributed by atoms with Gasteiger partial charge in [0.2, 0.25) is 0 Å². The highest BCUT2D eigenvalue weighted by atomic mass is 19.1. The van der Waals surface area contributed by atoms with Crippen LogP contribution in [0.1, 0.15) is 22.7 Å². The number of hydrogen-bond acceptors (Lipinski definition) is 3. The molecule has 0 spiro atoms. The lowest BCUT2D eigenvalue weighted by atomic mass is 9.88. The molecule has 1 fully saturated rings. The summed E-state index contributed by atoms with van der Waals surface area (Å²) in [5.74, 6) is -0.277. The highest BCUT2D eigenvalue weighted by Crippen LogP contribution is 2.35. The molecule has 4 rings (SSSR count). The lowest BCUT2D eigenvalue weighted by Gasteiger charge is -2.38. The number of amides is 2. The Bertz CT molecular complexity index is 790. The molecule has 0 saturated carbocycles. The summed E-state index contributed by atoms with van der Waals surface area (Å²) < 4.78 is 19.1. The molecular weight excluding hydrogens is 345 g/mol. The van der Waals surface area contributed by atoms with Crippen LogP contribution in [0.25, 0.3) is 0 Å². The molecule has 0 unspecified atom stereocenters. The topological polar surface area (TPSA) is 53.6 Å². The average Bonchev–Trinajstić information content (AvgIpc) is 2.72. The number of halogens is 1. The van der Waals surface area contributed by atoms with Gasteiger partial charge in [-0.2, -0.15) is 0 Å². The Morgan fingerprint density at radius 3 is 2.81 bits per heavy atom. The van der Waals surface area contributed by atoms with E-state index in [9.17, 15) is 9.18 Å². The molecule has 0 aromatic heterocycles. The fraction of sp³-hybridized carbons (Fsp3) is 0.381. The van der Waals surface area contributed by atoms with Crippen LogP contribution in [0.5, 0.6) is 0 Å². The number of carbonyl (C=O) groups excluding carboxylic acids is 1. The van der Waals surface area contributed by atoms with Crippen LogP contribution in [0.2, 0.25) is 0 Å². The summed E-state index contributed by atoms with van der Waals surface area (Å²) in [5.41, 5.74) is 3.24. The van der Waals surface area contributed by atoms with Crippen LogP contribution in [0.4, 0.5) is 9.18 Å². The Labute approximate surface area is 158 Å². The van der Waals surface area contributed by atoms with E-state index in [-0.39, 0.29) is 24.0 Å². The van der Waals surface area contributed by atoms with Crippen LogP contribution in [-0.2, 0) is 11.2 Å². The molecule has 2 aromatic carbocycles. The summed E-state index contributed by atoms with van der Waals surface area (Å²) in [6.07, 6.45) is 0.798. The molecule has 142 valence electrons. The van der Waals surface area contributed by atoms with Crippen molar-refractivity contribution in [1.29, 1.82) is 0 Å². The fourth-order valence-electron chi connectivity index (χ4n) is 3.84. The van der Waals surface area contributed by atoms with Crippen LogP contribution in [0, 0.1) is 5.82 Å². The van der Waals surface area contributed by atoms with E-state index in [4.69, 9.17) is 4.74 Å². The molecule has 1 saturated heterocycles. The maximum Gasteiger partial charge on any atom is 0.318 e. The van der Waals surface area contributed by atoms with Gasteiger partial charge in [0.25, 0.3) is 0 Å². The number of hydrogen-bond donors (Lipinski definition) is 2. The number of urea groups is 1. The number of nitrogens with zero attached hydrogens (tertiary/aromatic N) is 1. The van der Waals surface area contributed by atoms with E-state index in [2.05, 4.69) is 22.8 Å². The zero-order chi connectivity index (χ0) is 18.6. The molecule has 2 amide bonds. The lowest BCUT2D eigenvalue weighted by Crippen LogP contribution is -2.50. The van der Waals surface area contributed by atoms with Gasteiger partial charge in [-0.15, -0.1) is 0 Å². The van der Waals surface area contributed by atoms with Crippen LogP contribution >= 0.6 is 0 Å². The molecule has 2 aliphatic heterocycles. The molecule has 5 nitrogen and oxygen atoms in total. The first-order valence-corrected chi connectivity index (χ1v) is 9.42. The van der Waals surface area contributed by atoms with E-state index < -0.39 is 0 Å². The fourth-order valence-corrected chi connectivity index (χ4v) is 3.84. The third-order valence-corrected chi connectivity index (χ3v) is 5.22. The van der Waals surface area contributed by atoms with Crippen LogP contribution < -0.4 is 10.6 Å². The van der Waals surface area contributed by atoms with E-state index in [1.165, 1.54) is 17.7 Å². The van der Waals surface area contributed by atoms with Gasteiger partial charge in [0.15, 0.2) is 0 Å². The molecule has 6 heteroatoms. The van der Waals surface area contributed by atoms with Crippen molar-refractivity contribution in [1.82, 2.24) is 15.5 Å². The SMILES string of the molecule is O=C(NC[C@H]1CNCCO1)N1CCc2ccccc2[C@@H]1c1ccc(F)cc1. The molecule has 27 heavy (non-hydrogen) atoms. The normalized spacial score (nSPS) is 22.2. The second-order valence-corrected chi connectivity index (χ2v) is 6.98.